The first-order valence-electron chi connectivity index (χ1n) is 4.62. The first kappa shape index (κ1) is 12.4. The highest BCUT2D eigenvalue weighted by atomic mass is 19.2. The van der Waals surface area contributed by atoms with E-state index in [4.69, 9.17) is 9.84 Å². The Bertz CT molecular complexity index is 422. The predicted octanol–water partition coefficient (Wildman–Crippen LogP) is 2.63. The second-order valence-corrected chi connectivity index (χ2v) is 4.26. The van der Waals surface area contributed by atoms with Crippen LogP contribution in [0.5, 0.6) is 5.75 Å². The van der Waals surface area contributed by atoms with Gasteiger partial charge in [0.15, 0.2) is 11.6 Å². The molecule has 0 aliphatic heterocycles. The molecule has 0 saturated heterocycles. The maximum absolute atomic E-state index is 13.3. The Morgan fingerprint density at radius 2 is 1.81 bits per heavy atom. The Labute approximate surface area is 91.7 Å². The van der Waals surface area contributed by atoms with Crippen LogP contribution in [0.15, 0.2) is 12.1 Å². The highest BCUT2D eigenvalue weighted by Gasteiger charge is 2.23. The third-order valence-corrected chi connectivity index (χ3v) is 1.68. The second-order valence-electron chi connectivity index (χ2n) is 4.26. The first-order chi connectivity index (χ1) is 7.22. The molecule has 3 nitrogen and oxygen atoms in total. The zero-order valence-corrected chi connectivity index (χ0v) is 9.17. The number of rotatable bonds is 1. The molecule has 1 aromatic rings. The average Bonchev–Trinajstić information content (AvgIpc) is 2.11. The Hall–Kier alpha value is -1.65. The summed E-state index contributed by atoms with van der Waals surface area (Å²) < 4.78 is 31.1. The van der Waals surface area contributed by atoms with Crippen molar-refractivity contribution < 1.29 is 23.4 Å². The van der Waals surface area contributed by atoms with Crippen molar-refractivity contribution in [3.8, 4) is 5.75 Å². The molecular weight excluding hydrogens is 218 g/mol. The van der Waals surface area contributed by atoms with Gasteiger partial charge in [0.05, 0.1) is 5.56 Å². The van der Waals surface area contributed by atoms with Crippen molar-refractivity contribution in [2.24, 2.45) is 0 Å². The fourth-order valence-electron chi connectivity index (χ4n) is 1.03. The minimum atomic E-state index is -1.46. The van der Waals surface area contributed by atoms with Gasteiger partial charge in [0.2, 0.25) is 5.82 Å². The molecule has 0 aliphatic carbocycles. The molecule has 0 spiro atoms. The third kappa shape index (κ3) is 2.68. The number of halogens is 2. The fourth-order valence-corrected chi connectivity index (χ4v) is 1.03. The SMILES string of the molecule is CC(C)(C)OC(=O)c1ccc(O)c(F)c1F. The predicted molar refractivity (Wildman–Crippen MR) is 53.2 cm³/mol. The highest BCUT2D eigenvalue weighted by Crippen LogP contribution is 2.23. The van der Waals surface area contributed by atoms with Crippen LogP contribution in [0.25, 0.3) is 0 Å². The maximum Gasteiger partial charge on any atom is 0.341 e. The van der Waals surface area contributed by atoms with Crippen molar-refractivity contribution in [2.45, 2.75) is 26.4 Å². The molecule has 0 heterocycles. The van der Waals surface area contributed by atoms with E-state index in [1.165, 1.54) is 0 Å². The lowest BCUT2D eigenvalue weighted by atomic mass is 10.1. The Kier molecular flexibility index (Phi) is 3.16. The van der Waals surface area contributed by atoms with Crippen molar-refractivity contribution in [3.05, 3.63) is 29.3 Å². The first-order valence-corrected chi connectivity index (χ1v) is 4.62. The van der Waals surface area contributed by atoms with E-state index in [-0.39, 0.29) is 0 Å². The van der Waals surface area contributed by atoms with Crippen LogP contribution in [0.3, 0.4) is 0 Å². The summed E-state index contributed by atoms with van der Waals surface area (Å²) in [4.78, 5) is 11.4. The smallest absolute Gasteiger partial charge is 0.341 e. The highest BCUT2D eigenvalue weighted by molar-refractivity contribution is 5.90. The molecule has 0 aliphatic rings. The second kappa shape index (κ2) is 4.08. The number of hydrogen-bond donors (Lipinski definition) is 1. The van der Waals surface area contributed by atoms with Crippen LogP contribution in [0.4, 0.5) is 8.78 Å². The number of hydrogen-bond acceptors (Lipinski definition) is 3. The molecule has 0 amide bonds. The molecule has 0 bridgehead atoms. The van der Waals surface area contributed by atoms with E-state index in [2.05, 4.69) is 0 Å². The van der Waals surface area contributed by atoms with Crippen molar-refractivity contribution in [2.75, 3.05) is 0 Å². The van der Waals surface area contributed by atoms with E-state index in [1.54, 1.807) is 20.8 Å². The number of benzene rings is 1. The number of phenols is 1. The lowest BCUT2D eigenvalue weighted by Gasteiger charge is -2.19. The van der Waals surface area contributed by atoms with Crippen LogP contribution in [0.1, 0.15) is 31.1 Å². The van der Waals surface area contributed by atoms with Gasteiger partial charge >= 0.3 is 5.97 Å². The molecule has 0 radical (unpaired) electrons. The van der Waals surface area contributed by atoms with Crippen LogP contribution in [-0.2, 0) is 4.74 Å². The molecule has 5 heteroatoms. The zero-order valence-electron chi connectivity index (χ0n) is 9.17. The van der Waals surface area contributed by atoms with E-state index >= 15 is 0 Å². The van der Waals surface area contributed by atoms with E-state index in [9.17, 15) is 13.6 Å². The molecule has 0 saturated carbocycles. The summed E-state index contributed by atoms with van der Waals surface area (Å²) in [6.07, 6.45) is 0. The summed E-state index contributed by atoms with van der Waals surface area (Å²) in [5.74, 6) is -4.67. The van der Waals surface area contributed by atoms with Crippen LogP contribution in [0.2, 0.25) is 0 Å². The van der Waals surface area contributed by atoms with Crippen LogP contribution < -0.4 is 0 Å². The van der Waals surface area contributed by atoms with Crippen molar-refractivity contribution in [1.82, 2.24) is 0 Å². The molecule has 0 unspecified atom stereocenters. The van der Waals surface area contributed by atoms with Gasteiger partial charge in [0, 0.05) is 0 Å². The summed E-state index contributed by atoms with van der Waals surface area (Å²) in [5.41, 5.74) is -1.33. The van der Waals surface area contributed by atoms with Gasteiger partial charge in [-0.25, -0.2) is 9.18 Å². The third-order valence-electron chi connectivity index (χ3n) is 1.68. The summed E-state index contributed by atoms with van der Waals surface area (Å²) in [5, 5.41) is 8.87. The molecule has 0 atom stereocenters. The van der Waals surface area contributed by atoms with Crippen molar-refractivity contribution in [3.63, 3.8) is 0 Å². The maximum atomic E-state index is 13.3. The normalized spacial score (nSPS) is 11.3. The molecule has 88 valence electrons. The molecule has 0 fully saturated rings. The van der Waals surface area contributed by atoms with Crippen molar-refractivity contribution >= 4 is 5.97 Å². The van der Waals surface area contributed by atoms with Gasteiger partial charge < -0.3 is 9.84 Å². The zero-order chi connectivity index (χ0) is 12.5. The number of phenolic OH excluding ortho intramolecular Hbond substituents is 1. The fraction of sp³-hybridized carbons (Fsp3) is 0.364. The van der Waals surface area contributed by atoms with Gasteiger partial charge in [-0.1, -0.05) is 0 Å². The number of ether oxygens (including phenoxy) is 1. The van der Waals surface area contributed by atoms with Gasteiger partial charge in [-0.15, -0.1) is 0 Å². The molecule has 0 aromatic heterocycles. The van der Waals surface area contributed by atoms with E-state index < -0.39 is 34.5 Å². The average molecular weight is 230 g/mol. The Morgan fingerprint density at radius 1 is 1.25 bits per heavy atom. The monoisotopic (exact) mass is 230 g/mol. The number of esters is 1. The lowest BCUT2D eigenvalue weighted by molar-refractivity contribution is 0.00636. The quantitative estimate of drug-likeness (QED) is 0.754. The Balaban J connectivity index is 3.06. The molecule has 16 heavy (non-hydrogen) atoms. The topological polar surface area (TPSA) is 46.5 Å². The molecule has 1 rings (SSSR count). The minimum absolute atomic E-state index is 0.537. The van der Waals surface area contributed by atoms with Crippen molar-refractivity contribution in [1.29, 1.82) is 0 Å². The number of aromatic hydroxyl groups is 1. The van der Waals surface area contributed by atoms with Crippen LogP contribution in [0, 0.1) is 11.6 Å². The molecule has 1 N–H and O–H groups in total. The largest absolute Gasteiger partial charge is 0.505 e. The lowest BCUT2D eigenvalue weighted by Crippen LogP contribution is -2.24. The summed E-state index contributed by atoms with van der Waals surface area (Å²) in [6, 6.07) is 1.87. The summed E-state index contributed by atoms with van der Waals surface area (Å²) in [7, 11) is 0. The molecular formula is C11H12F2O3. The molecule has 1 aromatic carbocycles. The number of carbonyl (C=O) groups excluding carboxylic acids is 1. The minimum Gasteiger partial charge on any atom is -0.505 e. The van der Waals surface area contributed by atoms with Gasteiger partial charge in [-0.05, 0) is 32.9 Å². The van der Waals surface area contributed by atoms with Gasteiger partial charge in [0.25, 0.3) is 0 Å². The summed E-state index contributed by atoms with van der Waals surface area (Å²) >= 11 is 0. The van der Waals surface area contributed by atoms with Crippen LogP contribution in [-0.4, -0.2) is 16.7 Å². The Morgan fingerprint density at radius 3 is 2.31 bits per heavy atom. The van der Waals surface area contributed by atoms with E-state index in [0.29, 0.717) is 0 Å². The van der Waals surface area contributed by atoms with Gasteiger partial charge in [0.1, 0.15) is 5.60 Å². The van der Waals surface area contributed by atoms with Gasteiger partial charge in [-0.2, -0.15) is 4.39 Å². The van der Waals surface area contributed by atoms with Crippen LogP contribution >= 0.6 is 0 Å². The van der Waals surface area contributed by atoms with E-state index in [1.807, 2.05) is 0 Å². The standard InChI is InChI=1S/C11H12F2O3/c1-11(2,3)16-10(15)6-4-5-7(14)9(13)8(6)12/h4-5,14H,1-3H3. The van der Waals surface area contributed by atoms with E-state index in [0.717, 1.165) is 12.1 Å². The summed E-state index contributed by atoms with van der Waals surface area (Å²) in [6.45, 7) is 4.83. The van der Waals surface area contributed by atoms with Gasteiger partial charge in [-0.3, -0.25) is 0 Å². The number of carbonyl (C=O) groups is 1.